The Morgan fingerprint density at radius 1 is 1.31 bits per heavy atom. The lowest BCUT2D eigenvalue weighted by atomic mass is 10.1. The van der Waals surface area contributed by atoms with Gasteiger partial charge in [0.15, 0.2) is 0 Å². The monoisotopic (exact) mass is 284 g/mol. The van der Waals surface area contributed by atoms with E-state index in [9.17, 15) is 0 Å². The lowest BCUT2D eigenvalue weighted by Gasteiger charge is -2.22. The minimum Gasteiger partial charge on any atom is -0.379 e. The molecule has 1 atom stereocenters. The molecule has 88 valence electrons. The predicted molar refractivity (Wildman–Crippen MR) is 67.6 cm³/mol. The molecule has 2 nitrogen and oxygen atoms in total. The van der Waals surface area contributed by atoms with Gasteiger partial charge in [-0.3, -0.25) is 0 Å². The Kier molecular flexibility index (Phi) is 4.82. The average molecular weight is 285 g/mol. The van der Waals surface area contributed by atoms with Gasteiger partial charge in [-0.2, -0.15) is 0 Å². The summed E-state index contributed by atoms with van der Waals surface area (Å²) in [7, 11) is 0. The highest BCUT2D eigenvalue weighted by molar-refractivity contribution is 9.10. The van der Waals surface area contributed by atoms with Crippen LogP contribution in [-0.2, 0) is 15.9 Å². The van der Waals surface area contributed by atoms with Crippen molar-refractivity contribution < 1.29 is 9.47 Å². The molecular weight excluding hydrogens is 268 g/mol. The van der Waals surface area contributed by atoms with Gasteiger partial charge in [-0.25, -0.2) is 0 Å². The molecule has 1 aromatic carbocycles. The Bertz CT molecular complexity index is 304. The normalized spacial score (nSPS) is 20.9. The standard InChI is InChI=1S/C13H17BrO2/c14-12-5-3-11(4-6-12)7-9-16-13-2-1-8-15-10-13/h3-6,13H,1-2,7-10H2. The number of halogens is 1. The first-order chi connectivity index (χ1) is 7.84. The van der Waals surface area contributed by atoms with E-state index in [1.54, 1.807) is 0 Å². The summed E-state index contributed by atoms with van der Waals surface area (Å²) in [6, 6.07) is 8.40. The summed E-state index contributed by atoms with van der Waals surface area (Å²) in [5, 5.41) is 0. The van der Waals surface area contributed by atoms with E-state index in [2.05, 4.69) is 40.2 Å². The predicted octanol–water partition coefficient (Wildman–Crippen LogP) is 3.19. The van der Waals surface area contributed by atoms with Crippen molar-refractivity contribution >= 4 is 15.9 Å². The maximum absolute atomic E-state index is 5.78. The van der Waals surface area contributed by atoms with E-state index >= 15 is 0 Å². The fourth-order valence-electron chi connectivity index (χ4n) is 1.84. The zero-order valence-electron chi connectivity index (χ0n) is 9.32. The van der Waals surface area contributed by atoms with Crippen molar-refractivity contribution in [1.29, 1.82) is 0 Å². The first kappa shape index (κ1) is 12.1. The molecule has 0 aliphatic carbocycles. The molecule has 0 radical (unpaired) electrons. The first-order valence-electron chi connectivity index (χ1n) is 5.78. The van der Waals surface area contributed by atoms with Crippen LogP contribution in [0.1, 0.15) is 18.4 Å². The SMILES string of the molecule is Brc1ccc(CCOC2CCCOC2)cc1. The van der Waals surface area contributed by atoms with E-state index in [0.29, 0.717) is 6.10 Å². The van der Waals surface area contributed by atoms with Gasteiger partial charge in [-0.1, -0.05) is 28.1 Å². The molecule has 1 aliphatic rings. The van der Waals surface area contributed by atoms with E-state index in [0.717, 1.165) is 43.6 Å². The van der Waals surface area contributed by atoms with Crippen molar-refractivity contribution in [3.05, 3.63) is 34.3 Å². The highest BCUT2D eigenvalue weighted by Gasteiger charge is 2.13. The van der Waals surface area contributed by atoms with Gasteiger partial charge in [0.1, 0.15) is 0 Å². The van der Waals surface area contributed by atoms with Crippen LogP contribution in [0.2, 0.25) is 0 Å². The maximum Gasteiger partial charge on any atom is 0.0809 e. The van der Waals surface area contributed by atoms with Crippen LogP contribution in [0.15, 0.2) is 28.7 Å². The highest BCUT2D eigenvalue weighted by atomic mass is 79.9. The molecule has 0 aromatic heterocycles. The van der Waals surface area contributed by atoms with Crippen LogP contribution >= 0.6 is 15.9 Å². The van der Waals surface area contributed by atoms with Gasteiger partial charge in [0.2, 0.25) is 0 Å². The first-order valence-corrected chi connectivity index (χ1v) is 6.58. The Labute approximate surface area is 105 Å². The molecule has 1 unspecified atom stereocenters. The van der Waals surface area contributed by atoms with Crippen molar-refractivity contribution in [1.82, 2.24) is 0 Å². The molecule has 3 heteroatoms. The van der Waals surface area contributed by atoms with E-state index in [-0.39, 0.29) is 0 Å². The quantitative estimate of drug-likeness (QED) is 0.846. The van der Waals surface area contributed by atoms with Crippen LogP contribution in [-0.4, -0.2) is 25.9 Å². The van der Waals surface area contributed by atoms with Gasteiger partial charge in [0.05, 0.1) is 19.3 Å². The molecule has 0 saturated carbocycles. The third-order valence-corrected chi connectivity index (χ3v) is 3.30. The van der Waals surface area contributed by atoms with E-state index in [1.165, 1.54) is 5.56 Å². The minimum absolute atomic E-state index is 0.309. The van der Waals surface area contributed by atoms with Crippen LogP contribution in [0.4, 0.5) is 0 Å². The smallest absolute Gasteiger partial charge is 0.0809 e. The number of benzene rings is 1. The third kappa shape index (κ3) is 3.89. The van der Waals surface area contributed by atoms with E-state index < -0.39 is 0 Å². The Balaban J connectivity index is 1.69. The van der Waals surface area contributed by atoms with Gasteiger partial charge in [-0.15, -0.1) is 0 Å². The molecule has 1 aromatic rings. The molecule has 2 rings (SSSR count). The summed E-state index contributed by atoms with van der Waals surface area (Å²) in [5.74, 6) is 0. The summed E-state index contributed by atoms with van der Waals surface area (Å²) >= 11 is 3.43. The summed E-state index contributed by atoms with van der Waals surface area (Å²) in [6.07, 6.45) is 3.55. The Hall–Kier alpha value is -0.380. The lowest BCUT2D eigenvalue weighted by Crippen LogP contribution is -2.26. The van der Waals surface area contributed by atoms with Crippen LogP contribution < -0.4 is 0 Å². The average Bonchev–Trinajstić information content (AvgIpc) is 2.33. The molecule has 1 fully saturated rings. The third-order valence-electron chi connectivity index (χ3n) is 2.78. The largest absolute Gasteiger partial charge is 0.379 e. The topological polar surface area (TPSA) is 18.5 Å². The molecule has 16 heavy (non-hydrogen) atoms. The molecule has 0 amide bonds. The van der Waals surface area contributed by atoms with Crippen molar-refractivity contribution in [2.75, 3.05) is 19.8 Å². The van der Waals surface area contributed by atoms with Gasteiger partial charge in [0, 0.05) is 11.1 Å². The summed E-state index contributed by atoms with van der Waals surface area (Å²) in [6.45, 7) is 2.45. The van der Waals surface area contributed by atoms with Gasteiger partial charge >= 0.3 is 0 Å². The number of ether oxygens (including phenoxy) is 2. The van der Waals surface area contributed by atoms with Crippen molar-refractivity contribution in [2.24, 2.45) is 0 Å². The van der Waals surface area contributed by atoms with Crippen molar-refractivity contribution in [3.8, 4) is 0 Å². The fourth-order valence-corrected chi connectivity index (χ4v) is 2.10. The van der Waals surface area contributed by atoms with Gasteiger partial charge in [-0.05, 0) is 37.0 Å². The second-order valence-electron chi connectivity index (χ2n) is 4.09. The summed E-state index contributed by atoms with van der Waals surface area (Å²) in [5.41, 5.74) is 1.32. The van der Waals surface area contributed by atoms with Crippen LogP contribution in [0.5, 0.6) is 0 Å². The summed E-state index contributed by atoms with van der Waals surface area (Å²) < 4.78 is 12.3. The Morgan fingerprint density at radius 2 is 2.12 bits per heavy atom. The van der Waals surface area contributed by atoms with E-state index in [1.807, 2.05) is 0 Å². The second-order valence-corrected chi connectivity index (χ2v) is 5.00. The number of hydrogen-bond acceptors (Lipinski definition) is 2. The van der Waals surface area contributed by atoms with Crippen molar-refractivity contribution in [3.63, 3.8) is 0 Å². The van der Waals surface area contributed by atoms with Crippen LogP contribution in [0.25, 0.3) is 0 Å². The molecular formula is C13H17BrO2. The summed E-state index contributed by atoms with van der Waals surface area (Å²) in [4.78, 5) is 0. The molecule has 0 N–H and O–H groups in total. The Morgan fingerprint density at radius 3 is 2.81 bits per heavy atom. The van der Waals surface area contributed by atoms with Gasteiger partial charge < -0.3 is 9.47 Å². The maximum atomic E-state index is 5.78. The molecule has 0 bridgehead atoms. The zero-order chi connectivity index (χ0) is 11.2. The molecule has 0 spiro atoms. The minimum atomic E-state index is 0.309. The van der Waals surface area contributed by atoms with Crippen molar-refractivity contribution in [2.45, 2.75) is 25.4 Å². The number of rotatable bonds is 4. The van der Waals surface area contributed by atoms with Crippen LogP contribution in [0.3, 0.4) is 0 Å². The molecule has 1 saturated heterocycles. The van der Waals surface area contributed by atoms with Crippen LogP contribution in [0, 0.1) is 0 Å². The van der Waals surface area contributed by atoms with E-state index in [4.69, 9.17) is 9.47 Å². The fraction of sp³-hybridized carbons (Fsp3) is 0.538. The van der Waals surface area contributed by atoms with Gasteiger partial charge in [0.25, 0.3) is 0 Å². The number of hydrogen-bond donors (Lipinski definition) is 0. The highest BCUT2D eigenvalue weighted by Crippen LogP contribution is 2.13. The molecule has 1 heterocycles. The molecule has 1 aliphatic heterocycles. The zero-order valence-corrected chi connectivity index (χ0v) is 10.9. The lowest BCUT2D eigenvalue weighted by molar-refractivity contribution is -0.0489. The second kappa shape index (κ2) is 6.38.